The second-order valence-corrected chi connectivity index (χ2v) is 5.95. The molecule has 0 radical (unpaired) electrons. The van der Waals surface area contributed by atoms with Crippen LogP contribution >= 0.6 is 0 Å². The van der Waals surface area contributed by atoms with Crippen LogP contribution in [0.25, 0.3) is 0 Å². The lowest BCUT2D eigenvalue weighted by Crippen LogP contribution is -2.48. The average Bonchev–Trinajstić information content (AvgIpc) is 2.61. The summed E-state index contributed by atoms with van der Waals surface area (Å²) in [6.07, 6.45) is -4.36. The van der Waals surface area contributed by atoms with Gasteiger partial charge in [0, 0.05) is 43.1 Å². The number of carbonyl (C=O) groups excluding carboxylic acids is 1. The number of carbonyl (C=O) groups is 1. The van der Waals surface area contributed by atoms with Crippen molar-refractivity contribution in [2.75, 3.05) is 36.8 Å². The second-order valence-electron chi connectivity index (χ2n) is 5.95. The third kappa shape index (κ3) is 3.87. The maximum atomic E-state index is 12.8. The van der Waals surface area contributed by atoms with Gasteiger partial charge in [-0.3, -0.25) is 4.79 Å². The van der Waals surface area contributed by atoms with Gasteiger partial charge in [0.1, 0.15) is 0 Å². The van der Waals surface area contributed by atoms with Crippen LogP contribution in [0.15, 0.2) is 48.5 Å². The highest BCUT2D eigenvalue weighted by Gasteiger charge is 2.31. The summed E-state index contributed by atoms with van der Waals surface area (Å²) in [4.78, 5) is 16.0. The number of rotatable bonds is 2. The van der Waals surface area contributed by atoms with Gasteiger partial charge in [0.25, 0.3) is 5.91 Å². The van der Waals surface area contributed by atoms with E-state index in [2.05, 4.69) is 0 Å². The largest absolute Gasteiger partial charge is 0.416 e. The Morgan fingerprint density at radius 1 is 0.960 bits per heavy atom. The number of hydrogen-bond donors (Lipinski definition) is 1. The number of anilines is 2. The molecular weight excluding hydrogens is 331 g/mol. The van der Waals surface area contributed by atoms with Crippen molar-refractivity contribution in [3.63, 3.8) is 0 Å². The molecule has 2 aromatic carbocycles. The summed E-state index contributed by atoms with van der Waals surface area (Å²) in [5.41, 5.74) is 6.60. The van der Waals surface area contributed by atoms with Gasteiger partial charge in [-0.25, -0.2) is 0 Å². The molecule has 2 aromatic rings. The highest BCUT2D eigenvalue weighted by Crippen LogP contribution is 2.31. The van der Waals surface area contributed by atoms with Crippen LogP contribution < -0.4 is 10.6 Å². The maximum absolute atomic E-state index is 12.8. The van der Waals surface area contributed by atoms with Gasteiger partial charge in [0.15, 0.2) is 0 Å². The summed E-state index contributed by atoms with van der Waals surface area (Å²) < 4.78 is 38.5. The van der Waals surface area contributed by atoms with Crippen molar-refractivity contribution in [3.8, 4) is 0 Å². The first-order valence-electron chi connectivity index (χ1n) is 7.91. The first-order chi connectivity index (χ1) is 11.8. The molecule has 0 bridgehead atoms. The molecule has 1 aliphatic heterocycles. The molecule has 1 aliphatic rings. The van der Waals surface area contributed by atoms with Gasteiger partial charge in [-0.2, -0.15) is 13.2 Å². The first-order valence-corrected chi connectivity index (χ1v) is 7.91. The number of piperazine rings is 1. The van der Waals surface area contributed by atoms with Crippen LogP contribution in [0.2, 0.25) is 0 Å². The van der Waals surface area contributed by atoms with E-state index in [0.717, 1.165) is 12.1 Å². The fraction of sp³-hybridized carbons (Fsp3) is 0.278. The van der Waals surface area contributed by atoms with Crippen LogP contribution in [0.4, 0.5) is 24.5 Å². The van der Waals surface area contributed by atoms with Gasteiger partial charge >= 0.3 is 6.18 Å². The standard InChI is InChI=1S/C18H18F3N3O/c19-18(20,21)14-4-2-6-16(12-14)23-7-9-24(10-8-23)17(25)13-3-1-5-15(22)11-13/h1-6,11-12H,7-10,22H2. The minimum Gasteiger partial charge on any atom is -0.399 e. The number of amides is 1. The Morgan fingerprint density at radius 2 is 1.64 bits per heavy atom. The van der Waals surface area contributed by atoms with E-state index in [1.54, 1.807) is 35.2 Å². The van der Waals surface area contributed by atoms with Crippen LogP contribution in [0.3, 0.4) is 0 Å². The molecule has 0 aromatic heterocycles. The molecule has 0 spiro atoms. The molecule has 3 rings (SSSR count). The number of hydrogen-bond acceptors (Lipinski definition) is 3. The van der Waals surface area contributed by atoms with Crippen LogP contribution in [-0.2, 0) is 6.18 Å². The molecule has 0 aliphatic carbocycles. The van der Waals surface area contributed by atoms with Crippen molar-refractivity contribution < 1.29 is 18.0 Å². The summed E-state index contributed by atoms with van der Waals surface area (Å²) in [7, 11) is 0. The van der Waals surface area contributed by atoms with Crippen molar-refractivity contribution in [1.29, 1.82) is 0 Å². The zero-order valence-electron chi connectivity index (χ0n) is 13.5. The predicted octanol–water partition coefficient (Wildman–Crippen LogP) is 3.25. The summed E-state index contributed by atoms with van der Waals surface area (Å²) in [6.45, 7) is 1.86. The second kappa shape index (κ2) is 6.66. The minimum atomic E-state index is -4.36. The molecular formula is C18H18F3N3O. The Morgan fingerprint density at radius 3 is 2.28 bits per heavy atom. The van der Waals surface area contributed by atoms with E-state index in [-0.39, 0.29) is 5.91 Å². The van der Waals surface area contributed by atoms with Gasteiger partial charge in [-0.1, -0.05) is 12.1 Å². The monoisotopic (exact) mass is 349 g/mol. The molecule has 7 heteroatoms. The highest BCUT2D eigenvalue weighted by atomic mass is 19.4. The lowest BCUT2D eigenvalue weighted by atomic mass is 10.1. The van der Waals surface area contributed by atoms with Crippen LogP contribution in [0, 0.1) is 0 Å². The zero-order chi connectivity index (χ0) is 18.0. The smallest absolute Gasteiger partial charge is 0.399 e. The molecule has 0 unspecified atom stereocenters. The first kappa shape index (κ1) is 17.1. The highest BCUT2D eigenvalue weighted by molar-refractivity contribution is 5.95. The Kier molecular flexibility index (Phi) is 4.57. The van der Waals surface area contributed by atoms with E-state index in [1.807, 2.05) is 4.90 Å². The van der Waals surface area contributed by atoms with Gasteiger partial charge in [-0.05, 0) is 36.4 Å². The predicted molar refractivity (Wildman–Crippen MR) is 90.4 cm³/mol. The van der Waals surface area contributed by atoms with E-state index in [1.165, 1.54) is 6.07 Å². The van der Waals surface area contributed by atoms with E-state index in [0.29, 0.717) is 43.1 Å². The molecule has 1 saturated heterocycles. The minimum absolute atomic E-state index is 0.115. The normalized spacial score (nSPS) is 15.3. The lowest BCUT2D eigenvalue weighted by molar-refractivity contribution is -0.137. The van der Waals surface area contributed by atoms with Crippen LogP contribution in [0.5, 0.6) is 0 Å². The Hall–Kier alpha value is -2.70. The fourth-order valence-corrected chi connectivity index (χ4v) is 2.90. The Bertz CT molecular complexity index is 768. The molecule has 0 saturated carbocycles. The van der Waals surface area contributed by atoms with Crippen molar-refractivity contribution in [2.24, 2.45) is 0 Å². The topological polar surface area (TPSA) is 49.6 Å². The molecule has 1 heterocycles. The number of halogens is 3. The molecule has 132 valence electrons. The number of benzene rings is 2. The van der Waals surface area contributed by atoms with Gasteiger partial charge < -0.3 is 15.5 Å². The molecule has 1 amide bonds. The summed E-state index contributed by atoms with van der Waals surface area (Å²) in [5, 5.41) is 0. The number of nitrogens with two attached hydrogens (primary N) is 1. The number of nitrogens with zero attached hydrogens (tertiary/aromatic N) is 2. The summed E-state index contributed by atoms with van der Waals surface area (Å²) >= 11 is 0. The fourth-order valence-electron chi connectivity index (χ4n) is 2.90. The van der Waals surface area contributed by atoms with E-state index < -0.39 is 11.7 Å². The SMILES string of the molecule is Nc1cccc(C(=O)N2CCN(c3cccc(C(F)(F)F)c3)CC2)c1. The van der Waals surface area contributed by atoms with Gasteiger partial charge in [-0.15, -0.1) is 0 Å². The molecule has 2 N–H and O–H groups in total. The zero-order valence-corrected chi connectivity index (χ0v) is 13.5. The average molecular weight is 349 g/mol. The van der Waals surface area contributed by atoms with Gasteiger partial charge in [0.05, 0.1) is 5.56 Å². The third-order valence-electron chi connectivity index (χ3n) is 4.24. The molecule has 4 nitrogen and oxygen atoms in total. The molecule has 1 fully saturated rings. The van der Waals surface area contributed by atoms with Crippen molar-refractivity contribution in [1.82, 2.24) is 4.90 Å². The third-order valence-corrected chi connectivity index (χ3v) is 4.24. The Balaban J connectivity index is 1.67. The summed E-state index contributed by atoms with van der Waals surface area (Å²) in [6, 6.07) is 12.0. The van der Waals surface area contributed by atoms with E-state index in [9.17, 15) is 18.0 Å². The van der Waals surface area contributed by atoms with Crippen molar-refractivity contribution in [3.05, 3.63) is 59.7 Å². The molecule has 0 atom stereocenters. The van der Waals surface area contributed by atoms with E-state index >= 15 is 0 Å². The lowest BCUT2D eigenvalue weighted by Gasteiger charge is -2.36. The summed E-state index contributed by atoms with van der Waals surface area (Å²) in [5.74, 6) is -0.115. The van der Waals surface area contributed by atoms with E-state index in [4.69, 9.17) is 5.73 Å². The maximum Gasteiger partial charge on any atom is 0.416 e. The molecule has 25 heavy (non-hydrogen) atoms. The number of alkyl halides is 3. The van der Waals surface area contributed by atoms with Crippen molar-refractivity contribution >= 4 is 17.3 Å². The van der Waals surface area contributed by atoms with Crippen LogP contribution in [-0.4, -0.2) is 37.0 Å². The van der Waals surface area contributed by atoms with Crippen LogP contribution in [0.1, 0.15) is 15.9 Å². The van der Waals surface area contributed by atoms with Gasteiger partial charge in [0.2, 0.25) is 0 Å². The quantitative estimate of drug-likeness (QED) is 0.847. The van der Waals surface area contributed by atoms with Crippen molar-refractivity contribution in [2.45, 2.75) is 6.18 Å². The Labute approximate surface area is 143 Å². The number of nitrogen functional groups attached to an aromatic ring is 1.